The molecule has 0 saturated carbocycles. The molecule has 4 N–H and O–H groups in total. The van der Waals surface area contributed by atoms with Gasteiger partial charge >= 0.3 is 0 Å². The number of carbonyl (C=O) groups excluding carboxylic acids is 2. The zero-order valence-corrected chi connectivity index (χ0v) is 11.6. The maximum absolute atomic E-state index is 12.1. The van der Waals surface area contributed by atoms with Gasteiger partial charge in [-0.3, -0.25) is 9.59 Å². The Labute approximate surface area is 118 Å². The lowest BCUT2D eigenvalue weighted by molar-refractivity contribution is -0.118. The van der Waals surface area contributed by atoms with Gasteiger partial charge in [0, 0.05) is 24.3 Å². The molecule has 106 valence electrons. The number of benzene rings is 1. The van der Waals surface area contributed by atoms with Crippen LogP contribution in [0.4, 0.5) is 5.69 Å². The molecule has 0 aliphatic heterocycles. The minimum absolute atomic E-state index is 0.0518. The summed E-state index contributed by atoms with van der Waals surface area (Å²) in [4.78, 5) is 23.9. The standard InChI is InChI=1S/C15H19N3O2/c1-9-12(15(20)17-2)4-3-5-13(9)18-14(19)10-6-7-11(16)8-10/h3-7,10-11H,8,16H2,1-2H3,(H,17,20)(H,18,19). The van der Waals surface area contributed by atoms with Crippen molar-refractivity contribution >= 4 is 17.5 Å². The fraction of sp³-hybridized carbons (Fsp3) is 0.333. The molecule has 1 aromatic carbocycles. The van der Waals surface area contributed by atoms with E-state index in [1.54, 1.807) is 25.2 Å². The monoisotopic (exact) mass is 273 g/mol. The van der Waals surface area contributed by atoms with E-state index in [1.807, 2.05) is 19.1 Å². The Morgan fingerprint density at radius 1 is 1.30 bits per heavy atom. The summed E-state index contributed by atoms with van der Waals surface area (Å²) in [5.74, 6) is -0.458. The highest BCUT2D eigenvalue weighted by molar-refractivity contribution is 6.00. The zero-order valence-electron chi connectivity index (χ0n) is 11.6. The van der Waals surface area contributed by atoms with Gasteiger partial charge in [0.25, 0.3) is 5.91 Å². The summed E-state index contributed by atoms with van der Waals surface area (Å²) in [6.07, 6.45) is 4.30. The van der Waals surface area contributed by atoms with Crippen LogP contribution in [0.3, 0.4) is 0 Å². The van der Waals surface area contributed by atoms with Crippen molar-refractivity contribution in [3.05, 3.63) is 41.5 Å². The summed E-state index contributed by atoms with van der Waals surface area (Å²) in [5, 5.41) is 5.45. The smallest absolute Gasteiger partial charge is 0.251 e. The van der Waals surface area contributed by atoms with Crippen molar-refractivity contribution in [3.63, 3.8) is 0 Å². The highest BCUT2D eigenvalue weighted by Gasteiger charge is 2.23. The van der Waals surface area contributed by atoms with Crippen LogP contribution in [-0.4, -0.2) is 24.9 Å². The highest BCUT2D eigenvalue weighted by atomic mass is 16.2. The van der Waals surface area contributed by atoms with Gasteiger partial charge in [0.15, 0.2) is 0 Å². The normalized spacial score (nSPS) is 20.8. The second-order valence-corrected chi connectivity index (χ2v) is 4.94. The average molecular weight is 273 g/mol. The van der Waals surface area contributed by atoms with E-state index in [0.29, 0.717) is 17.7 Å². The van der Waals surface area contributed by atoms with Crippen molar-refractivity contribution in [3.8, 4) is 0 Å². The first-order valence-corrected chi connectivity index (χ1v) is 6.59. The zero-order chi connectivity index (χ0) is 14.7. The van der Waals surface area contributed by atoms with Gasteiger partial charge in [0.1, 0.15) is 0 Å². The predicted octanol–water partition coefficient (Wildman–Crippen LogP) is 1.20. The lowest BCUT2D eigenvalue weighted by atomic mass is 10.0. The second-order valence-electron chi connectivity index (χ2n) is 4.94. The van der Waals surface area contributed by atoms with E-state index in [-0.39, 0.29) is 23.8 Å². The van der Waals surface area contributed by atoms with Crippen LogP contribution in [-0.2, 0) is 4.79 Å². The van der Waals surface area contributed by atoms with Crippen molar-refractivity contribution in [2.45, 2.75) is 19.4 Å². The Kier molecular flexibility index (Phi) is 4.20. The molecular weight excluding hydrogens is 254 g/mol. The number of nitrogens with two attached hydrogens (primary N) is 1. The summed E-state index contributed by atoms with van der Waals surface area (Å²) in [6.45, 7) is 1.82. The molecule has 2 unspecified atom stereocenters. The lowest BCUT2D eigenvalue weighted by Crippen LogP contribution is -2.25. The molecule has 5 heteroatoms. The number of hydrogen-bond acceptors (Lipinski definition) is 3. The van der Waals surface area contributed by atoms with Gasteiger partial charge < -0.3 is 16.4 Å². The van der Waals surface area contributed by atoms with Gasteiger partial charge in [-0.2, -0.15) is 0 Å². The Hall–Kier alpha value is -2.14. The Morgan fingerprint density at radius 2 is 2.05 bits per heavy atom. The molecule has 1 aromatic rings. The molecule has 1 aliphatic rings. The van der Waals surface area contributed by atoms with E-state index >= 15 is 0 Å². The van der Waals surface area contributed by atoms with Crippen molar-refractivity contribution in [2.75, 3.05) is 12.4 Å². The summed E-state index contributed by atoms with van der Waals surface area (Å²) in [6, 6.07) is 5.22. The predicted molar refractivity (Wildman–Crippen MR) is 78.4 cm³/mol. The van der Waals surface area contributed by atoms with E-state index in [0.717, 1.165) is 5.56 Å². The number of hydrogen-bond donors (Lipinski definition) is 3. The van der Waals surface area contributed by atoms with Crippen LogP contribution < -0.4 is 16.4 Å². The minimum Gasteiger partial charge on any atom is -0.355 e. The maximum Gasteiger partial charge on any atom is 0.251 e. The van der Waals surface area contributed by atoms with Crippen molar-refractivity contribution in [1.82, 2.24) is 5.32 Å². The molecule has 0 radical (unpaired) electrons. The molecule has 0 fully saturated rings. The van der Waals surface area contributed by atoms with E-state index in [9.17, 15) is 9.59 Å². The molecule has 2 rings (SSSR count). The lowest BCUT2D eigenvalue weighted by Gasteiger charge is -2.14. The van der Waals surface area contributed by atoms with Gasteiger partial charge in [-0.1, -0.05) is 18.2 Å². The van der Waals surface area contributed by atoms with Crippen LogP contribution in [0.15, 0.2) is 30.4 Å². The average Bonchev–Trinajstić information content (AvgIpc) is 2.87. The number of carbonyl (C=O) groups is 2. The van der Waals surface area contributed by atoms with E-state index in [2.05, 4.69) is 10.6 Å². The highest BCUT2D eigenvalue weighted by Crippen LogP contribution is 2.22. The first kappa shape index (κ1) is 14.3. The molecule has 2 atom stereocenters. The Bertz CT molecular complexity index is 566. The van der Waals surface area contributed by atoms with Gasteiger partial charge in [0.2, 0.25) is 5.91 Å². The summed E-state index contributed by atoms with van der Waals surface area (Å²) in [5.41, 5.74) is 7.72. The van der Waals surface area contributed by atoms with E-state index in [4.69, 9.17) is 5.73 Å². The third kappa shape index (κ3) is 2.88. The number of nitrogens with one attached hydrogen (secondary N) is 2. The van der Waals surface area contributed by atoms with Crippen LogP contribution in [0.2, 0.25) is 0 Å². The van der Waals surface area contributed by atoms with Gasteiger partial charge in [-0.15, -0.1) is 0 Å². The third-order valence-electron chi connectivity index (χ3n) is 3.52. The van der Waals surface area contributed by atoms with E-state index in [1.165, 1.54) is 0 Å². The van der Waals surface area contributed by atoms with Crippen LogP contribution in [0, 0.1) is 12.8 Å². The quantitative estimate of drug-likeness (QED) is 0.723. The van der Waals surface area contributed by atoms with Crippen LogP contribution in [0.1, 0.15) is 22.3 Å². The fourth-order valence-corrected chi connectivity index (χ4v) is 2.30. The topological polar surface area (TPSA) is 84.2 Å². The van der Waals surface area contributed by atoms with Gasteiger partial charge in [-0.25, -0.2) is 0 Å². The Morgan fingerprint density at radius 3 is 2.65 bits per heavy atom. The van der Waals surface area contributed by atoms with Gasteiger partial charge in [-0.05, 0) is 31.0 Å². The molecule has 20 heavy (non-hydrogen) atoms. The minimum atomic E-state index is -0.201. The van der Waals surface area contributed by atoms with Crippen molar-refractivity contribution in [2.24, 2.45) is 11.7 Å². The molecule has 1 aliphatic carbocycles. The second kappa shape index (κ2) is 5.88. The van der Waals surface area contributed by atoms with Crippen LogP contribution in [0.25, 0.3) is 0 Å². The number of anilines is 1. The van der Waals surface area contributed by atoms with Gasteiger partial charge in [0.05, 0.1) is 5.92 Å². The third-order valence-corrected chi connectivity index (χ3v) is 3.52. The molecule has 2 amide bonds. The molecule has 5 nitrogen and oxygen atoms in total. The molecule has 0 aromatic heterocycles. The Balaban J connectivity index is 2.16. The number of amides is 2. The first-order valence-electron chi connectivity index (χ1n) is 6.59. The molecule has 0 spiro atoms. The summed E-state index contributed by atoms with van der Waals surface area (Å²) < 4.78 is 0. The largest absolute Gasteiger partial charge is 0.355 e. The SMILES string of the molecule is CNC(=O)c1cccc(NC(=O)C2C=CC(N)C2)c1C. The summed E-state index contributed by atoms with van der Waals surface area (Å²) >= 11 is 0. The molecule has 0 bridgehead atoms. The van der Waals surface area contributed by atoms with E-state index < -0.39 is 0 Å². The number of rotatable bonds is 3. The maximum atomic E-state index is 12.1. The van der Waals surface area contributed by atoms with Crippen molar-refractivity contribution < 1.29 is 9.59 Å². The van der Waals surface area contributed by atoms with Crippen LogP contribution in [0.5, 0.6) is 0 Å². The van der Waals surface area contributed by atoms with Crippen LogP contribution >= 0.6 is 0 Å². The molecule has 0 saturated heterocycles. The summed E-state index contributed by atoms with van der Waals surface area (Å²) in [7, 11) is 1.58. The van der Waals surface area contributed by atoms with Crippen molar-refractivity contribution in [1.29, 1.82) is 0 Å². The fourth-order valence-electron chi connectivity index (χ4n) is 2.30. The molecule has 0 heterocycles. The molecular formula is C15H19N3O2. The first-order chi connectivity index (χ1) is 9.52.